The van der Waals surface area contributed by atoms with E-state index in [1.54, 1.807) is 0 Å². The van der Waals surface area contributed by atoms with Gasteiger partial charge in [-0.1, -0.05) is 23.7 Å². The minimum atomic E-state index is -3.43. The van der Waals surface area contributed by atoms with Crippen molar-refractivity contribution in [2.75, 3.05) is 17.5 Å². The molecule has 0 unspecified atom stereocenters. The van der Waals surface area contributed by atoms with Crippen LogP contribution in [0.15, 0.2) is 42.5 Å². The number of aryl methyl sites for hydroxylation is 1. The van der Waals surface area contributed by atoms with Gasteiger partial charge in [-0.3, -0.25) is 9.52 Å². The Morgan fingerprint density at radius 2 is 1.82 bits per heavy atom. The normalized spacial score (nSPS) is 11.3. The molecule has 0 fully saturated rings. The number of anilines is 1. The minimum absolute atomic E-state index is 0.138. The molecule has 152 valence electrons. The second-order valence-corrected chi connectivity index (χ2v) is 8.89. The second-order valence-electron chi connectivity index (χ2n) is 6.74. The molecule has 0 aliphatic carbocycles. The number of ether oxygens (including phenoxy) is 1. The second kappa shape index (κ2) is 9.80. The summed E-state index contributed by atoms with van der Waals surface area (Å²) < 4.78 is 30.6. The third-order valence-corrected chi connectivity index (χ3v) is 4.67. The molecule has 0 aromatic heterocycles. The smallest absolute Gasteiger partial charge is 0.252 e. The first-order valence-corrected chi connectivity index (χ1v) is 11.2. The van der Waals surface area contributed by atoms with E-state index in [1.165, 1.54) is 18.2 Å². The van der Waals surface area contributed by atoms with Gasteiger partial charge in [0.1, 0.15) is 5.75 Å². The molecule has 0 atom stereocenters. The number of nitrogens with one attached hydrogen (secondary N) is 2. The zero-order valence-corrected chi connectivity index (χ0v) is 17.7. The Morgan fingerprint density at radius 3 is 2.43 bits per heavy atom. The van der Waals surface area contributed by atoms with Gasteiger partial charge >= 0.3 is 0 Å². The number of rotatable bonds is 9. The Morgan fingerprint density at radius 1 is 1.14 bits per heavy atom. The predicted octanol–water partition coefficient (Wildman–Crippen LogP) is 3.86. The van der Waals surface area contributed by atoms with Crippen LogP contribution in [0.3, 0.4) is 0 Å². The van der Waals surface area contributed by atoms with Crippen LogP contribution in [-0.4, -0.2) is 33.2 Å². The predicted molar refractivity (Wildman–Crippen MR) is 113 cm³/mol. The van der Waals surface area contributed by atoms with Crippen molar-refractivity contribution < 1.29 is 17.9 Å². The third-order valence-electron chi connectivity index (χ3n) is 3.74. The molecule has 2 N–H and O–H groups in total. The number of carbonyl (C=O) groups excluding carboxylic acids is 1. The van der Waals surface area contributed by atoms with Crippen LogP contribution in [0.2, 0.25) is 5.02 Å². The molecule has 0 heterocycles. The van der Waals surface area contributed by atoms with Crippen molar-refractivity contribution in [3.8, 4) is 5.75 Å². The fourth-order valence-electron chi connectivity index (χ4n) is 2.57. The van der Waals surface area contributed by atoms with E-state index in [0.29, 0.717) is 12.2 Å². The summed E-state index contributed by atoms with van der Waals surface area (Å²) in [6, 6.07) is 12.3. The Balaban J connectivity index is 1.86. The first kappa shape index (κ1) is 22.0. The van der Waals surface area contributed by atoms with Crippen molar-refractivity contribution in [2.45, 2.75) is 32.8 Å². The largest absolute Gasteiger partial charge is 0.491 e. The number of hydrogen-bond donors (Lipinski definition) is 2. The van der Waals surface area contributed by atoms with E-state index >= 15 is 0 Å². The van der Waals surface area contributed by atoms with E-state index in [9.17, 15) is 13.2 Å². The molecule has 0 saturated heterocycles. The molecule has 0 radical (unpaired) electrons. The number of carbonyl (C=O) groups is 1. The Hall–Kier alpha value is -2.25. The zero-order chi connectivity index (χ0) is 20.7. The summed E-state index contributed by atoms with van der Waals surface area (Å²) in [6.07, 6.45) is 2.75. The van der Waals surface area contributed by atoms with Crippen LogP contribution in [0.5, 0.6) is 5.75 Å². The van der Waals surface area contributed by atoms with E-state index in [4.69, 9.17) is 16.3 Å². The van der Waals surface area contributed by atoms with Gasteiger partial charge < -0.3 is 10.1 Å². The SMILES string of the molecule is CC(C)Oc1ccc(CCCNC(=O)c2cc(NS(C)(=O)=O)ccc2Cl)cc1. The number of benzene rings is 2. The van der Waals surface area contributed by atoms with Crippen molar-refractivity contribution in [3.05, 3.63) is 58.6 Å². The molecule has 8 heteroatoms. The maximum absolute atomic E-state index is 12.4. The van der Waals surface area contributed by atoms with Crippen LogP contribution in [0.25, 0.3) is 0 Å². The molecule has 1 amide bonds. The van der Waals surface area contributed by atoms with Gasteiger partial charge in [-0.15, -0.1) is 0 Å². The van der Waals surface area contributed by atoms with Gasteiger partial charge in [0.05, 0.1) is 22.9 Å². The fraction of sp³-hybridized carbons (Fsp3) is 0.350. The highest BCUT2D eigenvalue weighted by molar-refractivity contribution is 7.92. The van der Waals surface area contributed by atoms with Crippen LogP contribution >= 0.6 is 11.6 Å². The number of hydrogen-bond acceptors (Lipinski definition) is 4. The van der Waals surface area contributed by atoms with Gasteiger partial charge in [0.15, 0.2) is 0 Å². The summed E-state index contributed by atoms with van der Waals surface area (Å²) in [5.41, 5.74) is 1.67. The summed E-state index contributed by atoms with van der Waals surface area (Å²) in [7, 11) is -3.43. The highest BCUT2D eigenvalue weighted by atomic mass is 35.5. The molecule has 0 spiro atoms. The third kappa shape index (κ3) is 7.40. The molecule has 2 aromatic rings. The van der Waals surface area contributed by atoms with Crippen LogP contribution in [0.4, 0.5) is 5.69 Å². The van der Waals surface area contributed by atoms with Crippen LogP contribution in [0.1, 0.15) is 36.2 Å². The molecule has 0 aliphatic heterocycles. The quantitative estimate of drug-likeness (QED) is 0.598. The molecule has 6 nitrogen and oxygen atoms in total. The van der Waals surface area contributed by atoms with Gasteiger partial charge in [-0.2, -0.15) is 0 Å². The monoisotopic (exact) mass is 424 g/mol. The highest BCUT2D eigenvalue weighted by Crippen LogP contribution is 2.21. The van der Waals surface area contributed by atoms with E-state index in [-0.39, 0.29) is 22.6 Å². The summed E-state index contributed by atoms with van der Waals surface area (Å²) in [6.45, 7) is 4.44. The first-order chi connectivity index (χ1) is 13.1. The van der Waals surface area contributed by atoms with E-state index in [1.807, 2.05) is 38.1 Å². The van der Waals surface area contributed by atoms with Gasteiger partial charge in [0.2, 0.25) is 10.0 Å². The van der Waals surface area contributed by atoms with Crippen LogP contribution in [-0.2, 0) is 16.4 Å². The lowest BCUT2D eigenvalue weighted by atomic mass is 10.1. The molecule has 2 rings (SSSR count). The topological polar surface area (TPSA) is 84.5 Å². The molecule has 0 saturated carbocycles. The molecular formula is C20H25ClN2O4S. The molecule has 0 aliphatic rings. The lowest BCUT2D eigenvalue weighted by Gasteiger charge is -2.11. The standard InChI is InChI=1S/C20H25ClN2O4S/c1-14(2)27-17-9-6-15(7-10-17)5-4-12-22-20(24)18-13-16(8-11-19(18)21)23-28(3,25)26/h6-11,13-14,23H,4-5,12H2,1-3H3,(H,22,24). The van der Waals surface area contributed by atoms with Crippen molar-refractivity contribution in [1.29, 1.82) is 0 Å². The Kier molecular flexibility index (Phi) is 7.71. The van der Waals surface area contributed by atoms with E-state index < -0.39 is 10.0 Å². The summed E-state index contributed by atoms with van der Waals surface area (Å²) in [4.78, 5) is 12.4. The van der Waals surface area contributed by atoms with E-state index in [0.717, 1.165) is 30.4 Å². The summed E-state index contributed by atoms with van der Waals surface area (Å²) in [5.74, 6) is 0.493. The number of sulfonamides is 1. The average molecular weight is 425 g/mol. The van der Waals surface area contributed by atoms with Gasteiger partial charge in [0.25, 0.3) is 5.91 Å². The Labute approximate surface area is 171 Å². The average Bonchev–Trinajstić information content (AvgIpc) is 2.60. The van der Waals surface area contributed by atoms with Crippen LogP contribution < -0.4 is 14.8 Å². The first-order valence-electron chi connectivity index (χ1n) is 8.95. The number of halogens is 1. The van der Waals surface area contributed by atoms with Crippen molar-refractivity contribution in [1.82, 2.24) is 5.32 Å². The maximum atomic E-state index is 12.4. The minimum Gasteiger partial charge on any atom is -0.491 e. The molecule has 28 heavy (non-hydrogen) atoms. The Bertz CT molecular complexity index is 912. The van der Waals surface area contributed by atoms with Gasteiger partial charge in [-0.25, -0.2) is 8.42 Å². The van der Waals surface area contributed by atoms with Gasteiger partial charge in [0, 0.05) is 12.2 Å². The summed E-state index contributed by atoms with van der Waals surface area (Å²) >= 11 is 6.07. The fourth-order valence-corrected chi connectivity index (χ4v) is 3.33. The maximum Gasteiger partial charge on any atom is 0.252 e. The summed E-state index contributed by atoms with van der Waals surface area (Å²) in [5, 5.41) is 3.07. The lowest BCUT2D eigenvalue weighted by Crippen LogP contribution is -2.25. The molecule has 2 aromatic carbocycles. The van der Waals surface area contributed by atoms with Crippen LogP contribution in [0, 0.1) is 0 Å². The van der Waals surface area contributed by atoms with Crippen molar-refractivity contribution >= 4 is 33.2 Å². The van der Waals surface area contributed by atoms with Crippen molar-refractivity contribution in [2.24, 2.45) is 0 Å². The van der Waals surface area contributed by atoms with Crippen molar-refractivity contribution in [3.63, 3.8) is 0 Å². The zero-order valence-electron chi connectivity index (χ0n) is 16.2. The highest BCUT2D eigenvalue weighted by Gasteiger charge is 2.12. The number of amides is 1. The lowest BCUT2D eigenvalue weighted by molar-refractivity contribution is 0.0953. The molecule has 0 bridgehead atoms. The molecular weight excluding hydrogens is 400 g/mol. The van der Waals surface area contributed by atoms with E-state index in [2.05, 4.69) is 10.0 Å². The van der Waals surface area contributed by atoms with Gasteiger partial charge in [-0.05, 0) is 62.6 Å².